The summed E-state index contributed by atoms with van der Waals surface area (Å²) in [7, 11) is 3.66. The van der Waals surface area contributed by atoms with Gasteiger partial charge in [-0.15, -0.1) is 0 Å². The molecule has 0 saturated carbocycles. The summed E-state index contributed by atoms with van der Waals surface area (Å²) in [6.07, 6.45) is 0. The average molecular weight is 254 g/mol. The van der Waals surface area contributed by atoms with Crippen molar-refractivity contribution in [1.82, 2.24) is 4.90 Å². The maximum atomic E-state index is 3.66. The SMILES string of the molecule is [CH2-]N1CC1C.[W]. The van der Waals surface area contributed by atoms with Crippen molar-refractivity contribution in [1.29, 1.82) is 0 Å². The number of nitrogens with zero attached hydrogens (tertiary/aromatic N) is 1. The maximum absolute atomic E-state index is 3.66. The predicted octanol–water partition coefficient (Wildman–Crippen LogP) is 0.480. The zero-order valence-electron chi connectivity index (χ0n) is 3.85. The topological polar surface area (TPSA) is 3.01 Å². The summed E-state index contributed by atoms with van der Waals surface area (Å²) in [6, 6.07) is 0.773. The van der Waals surface area contributed by atoms with Crippen molar-refractivity contribution in [3.05, 3.63) is 7.05 Å². The predicted molar refractivity (Wildman–Crippen MR) is 21.5 cm³/mol. The van der Waals surface area contributed by atoms with E-state index >= 15 is 0 Å². The second-order valence-corrected chi connectivity index (χ2v) is 1.62. The van der Waals surface area contributed by atoms with Gasteiger partial charge in [-0.2, -0.15) is 0 Å². The molecule has 2 atom stereocenters. The van der Waals surface area contributed by atoms with Crippen LogP contribution in [0, 0.1) is 7.05 Å². The minimum Gasteiger partial charge on any atom is -0.455 e. The summed E-state index contributed by atoms with van der Waals surface area (Å²) in [5, 5.41) is 0. The van der Waals surface area contributed by atoms with Crippen molar-refractivity contribution in [2.45, 2.75) is 13.0 Å². The maximum Gasteiger partial charge on any atom is 0 e. The quantitative estimate of drug-likeness (QED) is 0.449. The molecule has 6 heavy (non-hydrogen) atoms. The van der Waals surface area contributed by atoms with Gasteiger partial charge in [0.05, 0.1) is 0 Å². The summed E-state index contributed by atoms with van der Waals surface area (Å²) in [5.41, 5.74) is 0. The molecule has 0 aromatic carbocycles. The smallest absolute Gasteiger partial charge is 0 e. The van der Waals surface area contributed by atoms with Crippen LogP contribution in [0.15, 0.2) is 0 Å². The molecule has 1 heterocycles. The van der Waals surface area contributed by atoms with E-state index in [9.17, 15) is 0 Å². The number of hydrogen-bond donors (Lipinski definition) is 0. The third kappa shape index (κ3) is 1.40. The molecule has 0 aromatic rings. The standard InChI is InChI=1S/C4H8N.W/c1-4-3-5(4)2;/h4H,2-3H2,1H3;/q-1;. The number of hydrogen-bond acceptors (Lipinski definition) is 1. The molecule has 1 saturated heterocycles. The second kappa shape index (κ2) is 2.09. The van der Waals surface area contributed by atoms with E-state index in [4.69, 9.17) is 0 Å². The van der Waals surface area contributed by atoms with Gasteiger partial charge in [-0.05, 0) is 12.6 Å². The van der Waals surface area contributed by atoms with Gasteiger partial charge in [0, 0.05) is 21.1 Å². The van der Waals surface area contributed by atoms with Crippen LogP contribution in [-0.2, 0) is 21.1 Å². The monoisotopic (exact) mass is 254 g/mol. The molecule has 1 fully saturated rings. The molecule has 1 aliphatic rings. The van der Waals surface area contributed by atoms with E-state index in [1.165, 1.54) is 6.54 Å². The van der Waals surface area contributed by atoms with Gasteiger partial charge in [-0.1, -0.05) is 6.92 Å². The molecule has 1 nitrogen and oxygen atoms in total. The van der Waals surface area contributed by atoms with E-state index in [1.807, 2.05) is 4.90 Å². The molecule has 0 bridgehead atoms. The van der Waals surface area contributed by atoms with Gasteiger partial charge < -0.3 is 4.90 Å². The van der Waals surface area contributed by atoms with Crippen LogP contribution in [0.1, 0.15) is 6.92 Å². The van der Waals surface area contributed by atoms with Crippen molar-refractivity contribution in [3.63, 3.8) is 0 Å². The van der Waals surface area contributed by atoms with Crippen LogP contribution in [0.2, 0.25) is 0 Å². The van der Waals surface area contributed by atoms with Crippen molar-refractivity contribution in [2.24, 2.45) is 0 Å². The van der Waals surface area contributed by atoms with Gasteiger partial charge in [0.25, 0.3) is 0 Å². The Hall–Kier alpha value is 0.648. The first-order chi connectivity index (χ1) is 2.30. The van der Waals surface area contributed by atoms with Crippen molar-refractivity contribution >= 4 is 0 Å². The van der Waals surface area contributed by atoms with Crippen LogP contribution >= 0.6 is 0 Å². The van der Waals surface area contributed by atoms with Gasteiger partial charge >= 0.3 is 0 Å². The molecule has 1 aliphatic heterocycles. The zero-order valence-corrected chi connectivity index (χ0v) is 6.78. The Bertz CT molecular complexity index is 40.8. The van der Waals surface area contributed by atoms with Crippen LogP contribution in [0.3, 0.4) is 0 Å². The Morgan fingerprint density at radius 1 is 1.83 bits per heavy atom. The fourth-order valence-electron chi connectivity index (χ4n) is 0.292. The summed E-state index contributed by atoms with van der Waals surface area (Å²) in [4.78, 5) is 2.04. The average Bonchev–Trinajstić information content (AvgIpc) is 1.79. The molecular formula is C4H8NW-. The van der Waals surface area contributed by atoms with E-state index in [0.717, 1.165) is 6.04 Å². The first-order valence-corrected chi connectivity index (χ1v) is 1.88. The fourth-order valence-corrected chi connectivity index (χ4v) is 0.292. The summed E-state index contributed by atoms with van der Waals surface area (Å²) < 4.78 is 0. The Balaban J connectivity index is 0.000000250. The van der Waals surface area contributed by atoms with Crippen LogP contribution < -0.4 is 0 Å². The normalized spacial score (nSPS) is 41.0. The van der Waals surface area contributed by atoms with Gasteiger partial charge in [0.2, 0.25) is 0 Å². The van der Waals surface area contributed by atoms with E-state index in [-0.39, 0.29) is 21.1 Å². The Kier molecular flexibility index (Phi) is 2.31. The molecule has 1 rings (SSSR count). The minimum absolute atomic E-state index is 0. The summed E-state index contributed by atoms with van der Waals surface area (Å²) in [5.74, 6) is 0. The van der Waals surface area contributed by atoms with Gasteiger partial charge in [0.1, 0.15) is 0 Å². The van der Waals surface area contributed by atoms with Gasteiger partial charge in [-0.25, -0.2) is 0 Å². The molecular weight excluding hydrogens is 246 g/mol. The third-order valence-electron chi connectivity index (χ3n) is 0.988. The third-order valence-corrected chi connectivity index (χ3v) is 0.988. The molecule has 0 radical (unpaired) electrons. The van der Waals surface area contributed by atoms with E-state index in [0.29, 0.717) is 0 Å². The fraction of sp³-hybridized carbons (Fsp3) is 0.750. The molecule has 36 valence electrons. The second-order valence-electron chi connectivity index (χ2n) is 1.62. The van der Waals surface area contributed by atoms with Gasteiger partial charge in [-0.3, -0.25) is 7.05 Å². The Labute approximate surface area is 53.0 Å². The first kappa shape index (κ1) is 6.65. The van der Waals surface area contributed by atoms with Crippen LogP contribution in [0.25, 0.3) is 0 Å². The molecule has 0 aromatic heterocycles. The molecule has 0 spiro atoms. The van der Waals surface area contributed by atoms with E-state index < -0.39 is 0 Å². The van der Waals surface area contributed by atoms with Crippen molar-refractivity contribution in [2.75, 3.05) is 6.54 Å². The number of rotatable bonds is 0. The molecule has 0 N–H and O–H groups in total. The molecule has 2 heteroatoms. The summed E-state index contributed by atoms with van der Waals surface area (Å²) >= 11 is 0. The molecule has 2 unspecified atom stereocenters. The van der Waals surface area contributed by atoms with Crippen molar-refractivity contribution in [3.8, 4) is 0 Å². The van der Waals surface area contributed by atoms with Gasteiger partial charge in [0.15, 0.2) is 0 Å². The zero-order chi connectivity index (χ0) is 3.86. The van der Waals surface area contributed by atoms with Crippen LogP contribution in [0.5, 0.6) is 0 Å². The van der Waals surface area contributed by atoms with Crippen LogP contribution in [-0.4, -0.2) is 17.5 Å². The van der Waals surface area contributed by atoms with E-state index in [2.05, 4.69) is 14.0 Å². The largest absolute Gasteiger partial charge is 0.455 e. The molecule has 0 amide bonds. The Morgan fingerprint density at radius 3 is 2.00 bits per heavy atom. The first-order valence-electron chi connectivity index (χ1n) is 1.88. The molecule has 0 aliphatic carbocycles. The van der Waals surface area contributed by atoms with E-state index in [1.54, 1.807) is 0 Å². The van der Waals surface area contributed by atoms with Crippen molar-refractivity contribution < 1.29 is 21.1 Å². The summed E-state index contributed by atoms with van der Waals surface area (Å²) in [6.45, 7) is 3.35. The van der Waals surface area contributed by atoms with Crippen LogP contribution in [0.4, 0.5) is 0 Å². The minimum atomic E-state index is 0. The Morgan fingerprint density at radius 2 is 2.00 bits per heavy atom.